The molecule has 0 aliphatic rings. The van der Waals surface area contributed by atoms with Gasteiger partial charge in [0.15, 0.2) is 0 Å². The van der Waals surface area contributed by atoms with Crippen molar-refractivity contribution in [3.05, 3.63) is 34.0 Å². The molecule has 0 saturated heterocycles. The van der Waals surface area contributed by atoms with Crippen LogP contribution in [0, 0.1) is 6.92 Å². The van der Waals surface area contributed by atoms with E-state index in [9.17, 15) is 0 Å². The maximum atomic E-state index is 4.33. The highest BCUT2D eigenvalue weighted by atomic mass is 32.1. The summed E-state index contributed by atoms with van der Waals surface area (Å²) in [6.45, 7) is 8.08. The van der Waals surface area contributed by atoms with Gasteiger partial charge in [0, 0.05) is 29.4 Å². The predicted octanol–water partition coefficient (Wildman–Crippen LogP) is 2.37. The molecule has 17 heavy (non-hydrogen) atoms. The van der Waals surface area contributed by atoms with Crippen LogP contribution in [0.2, 0.25) is 0 Å². The Balaban J connectivity index is 2.28. The number of aromatic nitrogens is 3. The summed E-state index contributed by atoms with van der Waals surface area (Å²) in [5.74, 6) is 0. The third kappa shape index (κ3) is 2.73. The number of thiazole rings is 1. The minimum atomic E-state index is 0.214. The molecule has 0 aliphatic heterocycles. The molecule has 92 valence electrons. The van der Waals surface area contributed by atoms with Crippen LogP contribution in [0.1, 0.15) is 35.3 Å². The number of nitrogens with one attached hydrogen (secondary N) is 1. The normalized spacial score (nSPS) is 12.9. The van der Waals surface area contributed by atoms with E-state index in [1.807, 2.05) is 24.0 Å². The first-order valence-corrected chi connectivity index (χ1v) is 6.74. The summed E-state index contributed by atoms with van der Waals surface area (Å²) in [5, 5.41) is 8.92. The first-order valence-electron chi connectivity index (χ1n) is 5.92. The number of hydrogen-bond acceptors (Lipinski definition) is 4. The fraction of sp³-hybridized carbons (Fsp3) is 0.500. The van der Waals surface area contributed by atoms with E-state index >= 15 is 0 Å². The van der Waals surface area contributed by atoms with Gasteiger partial charge in [0.2, 0.25) is 0 Å². The molecule has 2 aromatic rings. The molecule has 0 amide bonds. The number of aryl methyl sites for hydroxylation is 2. The van der Waals surface area contributed by atoms with Crippen molar-refractivity contribution in [2.75, 3.05) is 6.54 Å². The summed E-state index contributed by atoms with van der Waals surface area (Å²) in [6.07, 6.45) is 5.99. The van der Waals surface area contributed by atoms with Crippen molar-refractivity contribution >= 4 is 11.3 Å². The molecule has 4 nitrogen and oxygen atoms in total. The second kappa shape index (κ2) is 5.42. The van der Waals surface area contributed by atoms with Crippen LogP contribution in [0.25, 0.3) is 0 Å². The summed E-state index contributed by atoms with van der Waals surface area (Å²) < 4.78 is 1.95. The molecule has 5 heteroatoms. The van der Waals surface area contributed by atoms with Crippen LogP contribution < -0.4 is 5.32 Å². The zero-order chi connectivity index (χ0) is 12.3. The Morgan fingerprint density at radius 1 is 1.41 bits per heavy atom. The lowest BCUT2D eigenvalue weighted by Crippen LogP contribution is -2.20. The molecule has 0 fully saturated rings. The van der Waals surface area contributed by atoms with E-state index in [0.717, 1.165) is 18.1 Å². The average molecular weight is 250 g/mol. The molecular formula is C12H18N4S. The van der Waals surface area contributed by atoms with Gasteiger partial charge in [-0.2, -0.15) is 5.10 Å². The summed E-state index contributed by atoms with van der Waals surface area (Å²) in [5.41, 5.74) is 1.21. The molecule has 0 spiro atoms. The quantitative estimate of drug-likeness (QED) is 0.886. The number of hydrogen-bond donors (Lipinski definition) is 1. The maximum Gasteiger partial charge on any atom is 0.0897 e. The number of rotatable bonds is 5. The lowest BCUT2D eigenvalue weighted by Gasteiger charge is -2.13. The standard InChI is InChI=1S/C12H18N4S/c1-4-13-12(11-7-14-9(3)17-11)10-6-15-16(5-2)8-10/h6-8,12-13H,4-5H2,1-3H3. The summed E-state index contributed by atoms with van der Waals surface area (Å²) in [6, 6.07) is 0.214. The molecule has 1 N–H and O–H groups in total. The van der Waals surface area contributed by atoms with E-state index in [2.05, 4.69) is 35.4 Å². The van der Waals surface area contributed by atoms with Crippen LogP contribution in [0.15, 0.2) is 18.6 Å². The minimum absolute atomic E-state index is 0.214. The molecule has 0 radical (unpaired) electrons. The molecule has 0 saturated carbocycles. The van der Waals surface area contributed by atoms with E-state index in [1.165, 1.54) is 10.4 Å². The van der Waals surface area contributed by atoms with Crippen LogP contribution in [0.5, 0.6) is 0 Å². The third-order valence-electron chi connectivity index (χ3n) is 2.64. The third-order valence-corrected chi connectivity index (χ3v) is 3.62. The van der Waals surface area contributed by atoms with Gasteiger partial charge in [-0.1, -0.05) is 6.92 Å². The Bertz CT molecular complexity index is 474. The highest BCUT2D eigenvalue weighted by molar-refractivity contribution is 7.11. The second-order valence-corrected chi connectivity index (χ2v) is 5.17. The van der Waals surface area contributed by atoms with Crippen LogP contribution in [0.4, 0.5) is 0 Å². The van der Waals surface area contributed by atoms with Crippen molar-refractivity contribution in [1.29, 1.82) is 0 Å². The van der Waals surface area contributed by atoms with Gasteiger partial charge in [-0.3, -0.25) is 4.68 Å². The van der Waals surface area contributed by atoms with Gasteiger partial charge in [-0.05, 0) is 20.4 Å². The van der Waals surface area contributed by atoms with Gasteiger partial charge in [-0.25, -0.2) is 4.98 Å². The monoisotopic (exact) mass is 250 g/mol. The van der Waals surface area contributed by atoms with Crippen molar-refractivity contribution in [2.45, 2.75) is 33.4 Å². The minimum Gasteiger partial charge on any atom is -0.306 e. The Morgan fingerprint density at radius 3 is 2.76 bits per heavy atom. The van der Waals surface area contributed by atoms with Crippen molar-refractivity contribution in [3.8, 4) is 0 Å². The van der Waals surface area contributed by atoms with E-state index in [1.54, 1.807) is 11.3 Å². The lowest BCUT2D eigenvalue weighted by atomic mass is 10.1. The highest BCUT2D eigenvalue weighted by Crippen LogP contribution is 2.26. The Labute approximate surface area is 106 Å². The fourth-order valence-corrected chi connectivity index (χ4v) is 2.69. The molecule has 0 bridgehead atoms. The number of nitrogens with zero attached hydrogens (tertiary/aromatic N) is 3. The van der Waals surface area contributed by atoms with Crippen molar-refractivity contribution < 1.29 is 0 Å². The predicted molar refractivity (Wildman–Crippen MR) is 70.3 cm³/mol. The molecule has 1 unspecified atom stereocenters. The second-order valence-electron chi connectivity index (χ2n) is 3.90. The van der Waals surface area contributed by atoms with Gasteiger partial charge >= 0.3 is 0 Å². The van der Waals surface area contributed by atoms with E-state index in [0.29, 0.717) is 0 Å². The highest BCUT2D eigenvalue weighted by Gasteiger charge is 2.16. The molecule has 2 aromatic heterocycles. The first kappa shape index (κ1) is 12.3. The van der Waals surface area contributed by atoms with Crippen molar-refractivity contribution in [2.24, 2.45) is 0 Å². The smallest absolute Gasteiger partial charge is 0.0897 e. The Morgan fingerprint density at radius 2 is 2.24 bits per heavy atom. The van der Waals surface area contributed by atoms with E-state index in [-0.39, 0.29) is 6.04 Å². The van der Waals surface area contributed by atoms with Gasteiger partial charge in [0.25, 0.3) is 0 Å². The first-order chi connectivity index (χ1) is 8.24. The topological polar surface area (TPSA) is 42.7 Å². The van der Waals surface area contributed by atoms with Crippen molar-refractivity contribution in [1.82, 2.24) is 20.1 Å². The Kier molecular flexibility index (Phi) is 3.91. The summed E-state index contributed by atoms with van der Waals surface area (Å²) >= 11 is 1.74. The van der Waals surface area contributed by atoms with Gasteiger partial charge in [0.1, 0.15) is 0 Å². The zero-order valence-electron chi connectivity index (χ0n) is 10.5. The molecule has 1 atom stereocenters. The summed E-state index contributed by atoms with van der Waals surface area (Å²) in [4.78, 5) is 5.57. The molecule has 2 rings (SSSR count). The van der Waals surface area contributed by atoms with Gasteiger partial charge in [-0.15, -0.1) is 11.3 Å². The van der Waals surface area contributed by atoms with E-state index in [4.69, 9.17) is 0 Å². The van der Waals surface area contributed by atoms with Crippen LogP contribution >= 0.6 is 11.3 Å². The van der Waals surface area contributed by atoms with Crippen LogP contribution in [-0.2, 0) is 6.54 Å². The molecule has 2 heterocycles. The van der Waals surface area contributed by atoms with Gasteiger partial charge in [0.05, 0.1) is 17.2 Å². The molecular weight excluding hydrogens is 232 g/mol. The van der Waals surface area contributed by atoms with Crippen LogP contribution in [-0.4, -0.2) is 21.3 Å². The largest absolute Gasteiger partial charge is 0.306 e. The zero-order valence-corrected chi connectivity index (χ0v) is 11.3. The molecule has 0 aromatic carbocycles. The molecule has 0 aliphatic carbocycles. The SMILES string of the molecule is CCNC(c1cnn(CC)c1)c1cnc(C)s1. The van der Waals surface area contributed by atoms with E-state index < -0.39 is 0 Å². The average Bonchev–Trinajstić information content (AvgIpc) is 2.94. The van der Waals surface area contributed by atoms with Crippen molar-refractivity contribution in [3.63, 3.8) is 0 Å². The lowest BCUT2D eigenvalue weighted by molar-refractivity contribution is 0.632. The summed E-state index contributed by atoms with van der Waals surface area (Å²) in [7, 11) is 0. The fourth-order valence-electron chi connectivity index (χ4n) is 1.80. The Hall–Kier alpha value is -1.20. The maximum absolute atomic E-state index is 4.33. The van der Waals surface area contributed by atoms with Gasteiger partial charge < -0.3 is 5.32 Å². The van der Waals surface area contributed by atoms with Crippen LogP contribution in [0.3, 0.4) is 0 Å².